The fourth-order valence-electron chi connectivity index (χ4n) is 7.06. The van der Waals surface area contributed by atoms with E-state index in [-0.39, 0.29) is 0 Å². The third-order valence-corrected chi connectivity index (χ3v) is 9.12. The molecule has 9 rings (SSSR count). The van der Waals surface area contributed by atoms with E-state index < -0.39 is 0 Å². The van der Waals surface area contributed by atoms with Gasteiger partial charge >= 0.3 is 0 Å². The van der Waals surface area contributed by atoms with Crippen molar-refractivity contribution in [2.24, 2.45) is 0 Å². The van der Waals surface area contributed by atoms with E-state index in [4.69, 9.17) is 0 Å². The van der Waals surface area contributed by atoms with Crippen molar-refractivity contribution in [1.82, 2.24) is 9.13 Å². The summed E-state index contributed by atoms with van der Waals surface area (Å²) in [5, 5.41) is 5.06. The standard InChI is InChI=1S/C43H30N2/c1-29-21-22-37-39-27-38-36-19-11-12-20-40(36)44(34-17-9-4-10-18-34)42(38)28-43(39)45(41(37)23-29)35-25-32(30-13-5-2-6-14-30)24-33(26-35)31-15-7-3-8-16-31/h2-28H,1H3. The zero-order chi connectivity index (χ0) is 29.9. The van der Waals surface area contributed by atoms with Crippen LogP contribution >= 0.6 is 0 Å². The average molecular weight is 575 g/mol. The fourth-order valence-corrected chi connectivity index (χ4v) is 7.06. The molecule has 0 unspecified atom stereocenters. The van der Waals surface area contributed by atoms with Crippen LogP contribution in [0.3, 0.4) is 0 Å². The highest BCUT2D eigenvalue weighted by atomic mass is 15.0. The van der Waals surface area contributed by atoms with Crippen LogP contribution in [0, 0.1) is 6.92 Å². The van der Waals surface area contributed by atoms with Gasteiger partial charge in [0.05, 0.1) is 22.1 Å². The normalized spacial score (nSPS) is 11.7. The lowest BCUT2D eigenvalue weighted by Gasteiger charge is -2.14. The summed E-state index contributed by atoms with van der Waals surface area (Å²) in [6.07, 6.45) is 0. The van der Waals surface area contributed by atoms with Crippen LogP contribution in [-0.2, 0) is 0 Å². The van der Waals surface area contributed by atoms with Gasteiger partial charge in [-0.15, -0.1) is 0 Å². The number of hydrogen-bond acceptors (Lipinski definition) is 0. The van der Waals surface area contributed by atoms with E-state index in [1.54, 1.807) is 0 Å². The molecule has 2 heteroatoms. The van der Waals surface area contributed by atoms with E-state index >= 15 is 0 Å². The third-order valence-electron chi connectivity index (χ3n) is 9.12. The van der Waals surface area contributed by atoms with E-state index in [2.05, 4.69) is 180 Å². The summed E-state index contributed by atoms with van der Waals surface area (Å²) in [5.74, 6) is 0. The molecule has 7 aromatic carbocycles. The zero-order valence-electron chi connectivity index (χ0n) is 25.0. The zero-order valence-corrected chi connectivity index (χ0v) is 25.0. The van der Waals surface area contributed by atoms with Crippen molar-refractivity contribution in [2.45, 2.75) is 6.92 Å². The second kappa shape index (κ2) is 10.1. The van der Waals surface area contributed by atoms with Gasteiger partial charge in [-0.1, -0.05) is 109 Å². The van der Waals surface area contributed by atoms with Gasteiger partial charge in [0.15, 0.2) is 0 Å². The Balaban J connectivity index is 1.42. The van der Waals surface area contributed by atoms with Crippen molar-refractivity contribution in [3.8, 4) is 33.6 Å². The van der Waals surface area contributed by atoms with Crippen LogP contribution < -0.4 is 0 Å². The van der Waals surface area contributed by atoms with Crippen LogP contribution in [0.2, 0.25) is 0 Å². The molecular formula is C43H30N2. The number of benzene rings is 7. The lowest BCUT2D eigenvalue weighted by Crippen LogP contribution is -1.97. The molecule has 0 N–H and O–H groups in total. The summed E-state index contributed by atoms with van der Waals surface area (Å²) in [6.45, 7) is 2.19. The molecule has 0 fully saturated rings. The first-order valence-corrected chi connectivity index (χ1v) is 15.5. The van der Waals surface area contributed by atoms with Gasteiger partial charge in [-0.25, -0.2) is 0 Å². The number of aryl methyl sites for hydroxylation is 1. The highest BCUT2D eigenvalue weighted by Gasteiger charge is 2.19. The largest absolute Gasteiger partial charge is 0.309 e. The molecule has 2 nitrogen and oxygen atoms in total. The minimum Gasteiger partial charge on any atom is -0.309 e. The molecule has 0 aliphatic heterocycles. The second-order valence-corrected chi connectivity index (χ2v) is 11.9. The Morgan fingerprint density at radius 3 is 1.47 bits per heavy atom. The van der Waals surface area contributed by atoms with Gasteiger partial charge in [0.2, 0.25) is 0 Å². The Labute approximate surface area is 262 Å². The summed E-state index contributed by atoms with van der Waals surface area (Å²) >= 11 is 0. The van der Waals surface area contributed by atoms with Crippen LogP contribution in [0.15, 0.2) is 164 Å². The molecule has 2 aromatic heterocycles. The molecule has 0 saturated carbocycles. The summed E-state index contributed by atoms with van der Waals surface area (Å²) in [5.41, 5.74) is 13.2. The fraction of sp³-hybridized carbons (Fsp3) is 0.0233. The second-order valence-electron chi connectivity index (χ2n) is 11.9. The lowest BCUT2D eigenvalue weighted by molar-refractivity contribution is 1.16. The van der Waals surface area contributed by atoms with Gasteiger partial charge in [0, 0.05) is 32.9 Å². The first-order valence-electron chi connectivity index (χ1n) is 15.5. The molecule has 0 aliphatic carbocycles. The number of aromatic nitrogens is 2. The highest BCUT2D eigenvalue weighted by molar-refractivity contribution is 6.19. The van der Waals surface area contributed by atoms with Crippen molar-refractivity contribution in [3.05, 3.63) is 169 Å². The summed E-state index contributed by atoms with van der Waals surface area (Å²) < 4.78 is 4.89. The van der Waals surface area contributed by atoms with Gasteiger partial charge in [-0.2, -0.15) is 0 Å². The van der Waals surface area contributed by atoms with Crippen LogP contribution in [0.4, 0.5) is 0 Å². The van der Waals surface area contributed by atoms with Gasteiger partial charge in [-0.05, 0) is 89.3 Å². The summed E-state index contributed by atoms with van der Waals surface area (Å²) in [7, 11) is 0. The number of para-hydroxylation sites is 2. The van der Waals surface area contributed by atoms with Crippen LogP contribution in [-0.4, -0.2) is 9.13 Å². The maximum atomic E-state index is 2.48. The van der Waals surface area contributed by atoms with Crippen molar-refractivity contribution in [3.63, 3.8) is 0 Å². The Kier molecular flexibility index (Phi) is 5.76. The van der Waals surface area contributed by atoms with Crippen LogP contribution in [0.25, 0.3) is 77.2 Å². The minimum absolute atomic E-state index is 1.16. The molecule has 0 spiro atoms. The van der Waals surface area contributed by atoms with Gasteiger partial charge in [0.1, 0.15) is 0 Å². The average Bonchev–Trinajstić information content (AvgIpc) is 3.59. The molecule has 9 aromatic rings. The number of nitrogens with zero attached hydrogens (tertiary/aromatic N) is 2. The number of hydrogen-bond donors (Lipinski definition) is 0. The predicted molar refractivity (Wildman–Crippen MR) is 191 cm³/mol. The Hall–Kier alpha value is -5.86. The van der Waals surface area contributed by atoms with Crippen molar-refractivity contribution in [2.75, 3.05) is 0 Å². The van der Waals surface area contributed by atoms with Gasteiger partial charge in [-0.3, -0.25) is 0 Å². The molecule has 0 radical (unpaired) electrons. The first-order chi connectivity index (χ1) is 22.2. The maximum absolute atomic E-state index is 2.48. The first kappa shape index (κ1) is 25.6. The number of rotatable bonds is 4. The maximum Gasteiger partial charge on any atom is 0.0562 e. The van der Waals surface area contributed by atoms with Crippen molar-refractivity contribution < 1.29 is 0 Å². The monoisotopic (exact) mass is 574 g/mol. The molecule has 0 atom stereocenters. The molecule has 0 saturated heterocycles. The number of fused-ring (bicyclic) bond motifs is 6. The van der Waals surface area contributed by atoms with Crippen LogP contribution in [0.5, 0.6) is 0 Å². The molecule has 0 aliphatic rings. The highest BCUT2D eigenvalue weighted by Crippen LogP contribution is 2.41. The van der Waals surface area contributed by atoms with Gasteiger partial charge < -0.3 is 9.13 Å². The Morgan fingerprint density at radius 2 is 0.822 bits per heavy atom. The molecule has 45 heavy (non-hydrogen) atoms. The smallest absolute Gasteiger partial charge is 0.0562 e. The Morgan fingerprint density at radius 1 is 0.311 bits per heavy atom. The van der Waals surface area contributed by atoms with Crippen molar-refractivity contribution >= 4 is 43.6 Å². The SMILES string of the molecule is Cc1ccc2c3cc4c5ccccc5n(-c5ccccc5)c4cc3n(-c3cc(-c4ccccc4)cc(-c4ccccc4)c3)c2c1. The van der Waals surface area contributed by atoms with E-state index in [0.29, 0.717) is 0 Å². The van der Waals surface area contributed by atoms with Crippen molar-refractivity contribution in [1.29, 1.82) is 0 Å². The lowest BCUT2D eigenvalue weighted by atomic mass is 9.98. The van der Waals surface area contributed by atoms with E-state index in [9.17, 15) is 0 Å². The quantitative estimate of drug-likeness (QED) is 0.198. The van der Waals surface area contributed by atoms with Gasteiger partial charge in [0.25, 0.3) is 0 Å². The minimum atomic E-state index is 1.16. The Bertz CT molecular complexity index is 2460. The molecule has 2 heterocycles. The summed E-state index contributed by atoms with van der Waals surface area (Å²) in [6, 6.07) is 59.6. The molecule has 212 valence electrons. The molecular weight excluding hydrogens is 544 g/mol. The molecule has 0 amide bonds. The third kappa shape index (κ3) is 4.11. The molecule has 0 bridgehead atoms. The van der Waals surface area contributed by atoms with E-state index in [1.165, 1.54) is 77.1 Å². The van der Waals surface area contributed by atoms with E-state index in [1.807, 2.05) is 0 Å². The van der Waals surface area contributed by atoms with Crippen LogP contribution in [0.1, 0.15) is 5.56 Å². The summed E-state index contributed by atoms with van der Waals surface area (Å²) in [4.78, 5) is 0. The predicted octanol–water partition coefficient (Wildman–Crippen LogP) is 11.5. The topological polar surface area (TPSA) is 9.86 Å². The van der Waals surface area contributed by atoms with E-state index in [0.717, 1.165) is 5.69 Å².